The van der Waals surface area contributed by atoms with Gasteiger partial charge in [-0.05, 0) is 24.1 Å². The molecule has 3 aromatic rings. The minimum Gasteiger partial charge on any atom is -0.368 e. The number of nitrogen functional groups attached to an aromatic ring is 1. The molecule has 2 aromatic carbocycles. The number of anilines is 2. The maximum atomic E-state index is 12.8. The zero-order valence-electron chi connectivity index (χ0n) is 14.5. The van der Waals surface area contributed by atoms with Crippen LogP contribution in [-0.2, 0) is 10.5 Å². The highest BCUT2D eigenvalue weighted by atomic mass is 32.2. The maximum Gasteiger partial charge on any atom is 0.247 e. The number of aromatic nitrogens is 3. The Morgan fingerprint density at radius 1 is 1.12 bits per heavy atom. The van der Waals surface area contributed by atoms with E-state index in [2.05, 4.69) is 27.6 Å². The summed E-state index contributed by atoms with van der Waals surface area (Å²) in [7, 11) is 0. The van der Waals surface area contributed by atoms with Crippen molar-refractivity contribution < 1.29 is 4.79 Å². The van der Waals surface area contributed by atoms with Crippen LogP contribution in [0, 0.1) is 0 Å². The van der Waals surface area contributed by atoms with Crippen LogP contribution in [0.5, 0.6) is 0 Å². The highest BCUT2D eigenvalue weighted by Gasteiger charge is 2.25. The van der Waals surface area contributed by atoms with E-state index in [-0.39, 0.29) is 11.9 Å². The molecule has 1 heterocycles. The predicted molar refractivity (Wildman–Crippen MR) is 105 cm³/mol. The van der Waals surface area contributed by atoms with Crippen molar-refractivity contribution in [3.8, 4) is 0 Å². The number of benzene rings is 2. The Balaban J connectivity index is 1.77. The third-order valence-corrected chi connectivity index (χ3v) is 4.96. The average molecular weight is 367 g/mol. The topological polar surface area (TPSA) is 85.8 Å². The molecule has 0 aliphatic heterocycles. The van der Waals surface area contributed by atoms with Crippen molar-refractivity contribution in [3.05, 3.63) is 66.2 Å². The molecule has 0 saturated carbocycles. The number of carbonyl (C=O) groups excluding carboxylic acids is 1. The molecule has 1 amide bonds. The van der Waals surface area contributed by atoms with E-state index in [4.69, 9.17) is 5.73 Å². The fourth-order valence-electron chi connectivity index (χ4n) is 2.63. The van der Waals surface area contributed by atoms with Gasteiger partial charge in [-0.3, -0.25) is 9.36 Å². The summed E-state index contributed by atoms with van der Waals surface area (Å²) in [5.74, 6) is 0.845. The van der Waals surface area contributed by atoms with Gasteiger partial charge in [0.05, 0.1) is 0 Å². The molecule has 26 heavy (non-hydrogen) atoms. The zero-order valence-corrected chi connectivity index (χ0v) is 15.3. The van der Waals surface area contributed by atoms with E-state index >= 15 is 0 Å². The van der Waals surface area contributed by atoms with Crippen molar-refractivity contribution in [2.24, 2.45) is 0 Å². The van der Waals surface area contributed by atoms with Crippen molar-refractivity contribution in [1.82, 2.24) is 14.8 Å². The summed E-state index contributed by atoms with van der Waals surface area (Å²) in [5, 5.41) is 11.7. The number of carbonyl (C=O) groups is 1. The zero-order chi connectivity index (χ0) is 18.4. The molecule has 1 aromatic heterocycles. The van der Waals surface area contributed by atoms with E-state index in [0.717, 1.165) is 11.4 Å². The Bertz CT molecular complexity index is 851. The number of para-hydroxylation sites is 1. The van der Waals surface area contributed by atoms with E-state index in [1.807, 2.05) is 55.5 Å². The van der Waals surface area contributed by atoms with Crippen molar-refractivity contribution in [2.45, 2.75) is 30.3 Å². The second-order valence-electron chi connectivity index (χ2n) is 5.76. The first-order valence-electron chi connectivity index (χ1n) is 8.42. The van der Waals surface area contributed by atoms with Gasteiger partial charge < -0.3 is 11.1 Å². The van der Waals surface area contributed by atoms with Crippen molar-refractivity contribution >= 4 is 29.3 Å². The number of rotatable bonds is 7. The van der Waals surface area contributed by atoms with Gasteiger partial charge in [-0.2, -0.15) is 0 Å². The van der Waals surface area contributed by atoms with Gasteiger partial charge >= 0.3 is 0 Å². The molecular weight excluding hydrogens is 346 g/mol. The summed E-state index contributed by atoms with van der Waals surface area (Å²) in [6, 6.07) is 19.0. The van der Waals surface area contributed by atoms with Crippen LogP contribution in [0.3, 0.4) is 0 Å². The van der Waals surface area contributed by atoms with Crippen LogP contribution in [0.2, 0.25) is 0 Å². The van der Waals surface area contributed by atoms with Gasteiger partial charge in [-0.15, -0.1) is 10.2 Å². The fourth-order valence-corrected chi connectivity index (χ4v) is 3.58. The minimum absolute atomic E-state index is 0.133. The lowest BCUT2D eigenvalue weighted by atomic mass is 10.2. The summed E-state index contributed by atoms with van der Waals surface area (Å²) < 4.78 is 1.71. The number of nitrogens with two attached hydrogens (primary N) is 1. The maximum absolute atomic E-state index is 12.8. The fraction of sp³-hybridized carbons (Fsp3) is 0.211. The number of nitrogens with one attached hydrogen (secondary N) is 1. The van der Waals surface area contributed by atoms with E-state index in [9.17, 15) is 4.79 Å². The van der Waals surface area contributed by atoms with Crippen LogP contribution in [0.15, 0.2) is 65.8 Å². The van der Waals surface area contributed by atoms with Gasteiger partial charge in [0.2, 0.25) is 11.9 Å². The molecule has 3 rings (SSSR count). The monoisotopic (exact) mass is 367 g/mol. The van der Waals surface area contributed by atoms with Gasteiger partial charge in [-0.1, -0.05) is 67.2 Å². The van der Waals surface area contributed by atoms with Crippen LogP contribution in [0.1, 0.15) is 24.9 Å². The minimum atomic E-state index is -0.469. The second-order valence-corrected chi connectivity index (χ2v) is 6.71. The molecule has 0 fully saturated rings. The normalized spacial score (nSPS) is 11.9. The molecule has 0 aliphatic carbocycles. The summed E-state index contributed by atoms with van der Waals surface area (Å²) in [4.78, 5) is 12.8. The SMILES string of the molecule is CCC(C(=O)Nc1ccccc1)n1c(N)nnc1SCc1ccccc1. The highest BCUT2D eigenvalue weighted by Crippen LogP contribution is 2.28. The molecule has 1 unspecified atom stereocenters. The Morgan fingerprint density at radius 2 is 1.77 bits per heavy atom. The quantitative estimate of drug-likeness (QED) is 0.621. The van der Waals surface area contributed by atoms with Crippen LogP contribution < -0.4 is 11.1 Å². The van der Waals surface area contributed by atoms with E-state index in [1.54, 1.807) is 4.57 Å². The first-order valence-corrected chi connectivity index (χ1v) is 9.40. The first-order chi connectivity index (χ1) is 12.7. The third kappa shape index (κ3) is 4.23. The first kappa shape index (κ1) is 18.0. The van der Waals surface area contributed by atoms with E-state index in [0.29, 0.717) is 11.6 Å². The van der Waals surface area contributed by atoms with E-state index < -0.39 is 6.04 Å². The molecule has 1 atom stereocenters. The molecule has 134 valence electrons. The number of amides is 1. The molecule has 0 radical (unpaired) electrons. The van der Waals surface area contributed by atoms with Gasteiger partial charge in [0, 0.05) is 11.4 Å². The molecule has 6 nitrogen and oxygen atoms in total. The Hall–Kier alpha value is -2.80. The van der Waals surface area contributed by atoms with Crippen molar-refractivity contribution in [2.75, 3.05) is 11.1 Å². The smallest absolute Gasteiger partial charge is 0.247 e. The number of thioether (sulfide) groups is 1. The second kappa shape index (κ2) is 8.53. The summed E-state index contributed by atoms with van der Waals surface area (Å²) in [6.07, 6.45) is 0.583. The Kier molecular flexibility index (Phi) is 5.91. The van der Waals surface area contributed by atoms with Crippen molar-refractivity contribution in [3.63, 3.8) is 0 Å². The van der Waals surface area contributed by atoms with Crippen LogP contribution >= 0.6 is 11.8 Å². The van der Waals surface area contributed by atoms with Gasteiger partial charge in [-0.25, -0.2) is 0 Å². The summed E-state index contributed by atoms with van der Waals surface area (Å²) in [5.41, 5.74) is 7.94. The highest BCUT2D eigenvalue weighted by molar-refractivity contribution is 7.98. The lowest BCUT2D eigenvalue weighted by Crippen LogP contribution is -2.27. The molecule has 3 N–H and O–H groups in total. The number of hydrogen-bond acceptors (Lipinski definition) is 5. The molecular formula is C19H21N5OS. The standard InChI is InChI=1S/C19H21N5OS/c1-2-16(17(25)21-15-11-7-4-8-12-15)24-18(20)22-23-19(24)26-13-14-9-5-3-6-10-14/h3-12,16H,2,13H2,1H3,(H2,20,22)(H,21,25). The Morgan fingerprint density at radius 3 is 2.42 bits per heavy atom. The molecule has 7 heteroatoms. The largest absolute Gasteiger partial charge is 0.368 e. The van der Waals surface area contributed by atoms with Gasteiger partial charge in [0.1, 0.15) is 6.04 Å². The molecule has 0 aliphatic rings. The van der Waals surface area contributed by atoms with E-state index in [1.165, 1.54) is 17.3 Å². The van der Waals surface area contributed by atoms with Crippen LogP contribution in [0.25, 0.3) is 0 Å². The average Bonchev–Trinajstić information content (AvgIpc) is 3.03. The number of nitrogens with zero attached hydrogens (tertiary/aromatic N) is 3. The third-order valence-electron chi connectivity index (χ3n) is 3.94. The molecule has 0 bridgehead atoms. The summed E-state index contributed by atoms with van der Waals surface area (Å²) in [6.45, 7) is 1.94. The van der Waals surface area contributed by atoms with Crippen molar-refractivity contribution in [1.29, 1.82) is 0 Å². The van der Waals surface area contributed by atoms with Crippen LogP contribution in [-0.4, -0.2) is 20.7 Å². The summed E-state index contributed by atoms with van der Waals surface area (Å²) >= 11 is 1.52. The van der Waals surface area contributed by atoms with Crippen LogP contribution in [0.4, 0.5) is 11.6 Å². The predicted octanol–water partition coefficient (Wildman–Crippen LogP) is 3.74. The molecule has 0 spiro atoms. The Labute approximate surface area is 156 Å². The lowest BCUT2D eigenvalue weighted by molar-refractivity contribution is -0.119. The van der Waals surface area contributed by atoms with Gasteiger partial charge in [0.15, 0.2) is 5.16 Å². The molecule has 0 saturated heterocycles. The number of hydrogen-bond donors (Lipinski definition) is 2. The lowest BCUT2D eigenvalue weighted by Gasteiger charge is -2.19. The van der Waals surface area contributed by atoms with Gasteiger partial charge in [0.25, 0.3) is 0 Å².